The third-order valence-corrected chi connectivity index (χ3v) is 18.2. The van der Waals surface area contributed by atoms with Gasteiger partial charge in [-0.05, 0) is 108 Å². The summed E-state index contributed by atoms with van der Waals surface area (Å²) in [6.45, 7) is 10.9. The lowest BCUT2D eigenvalue weighted by atomic mass is 10.0. The summed E-state index contributed by atoms with van der Waals surface area (Å²) >= 11 is 0. The first-order chi connectivity index (χ1) is 66.2. The molecule has 6 atom stereocenters. The molecule has 5 aromatic carbocycles. The second kappa shape index (κ2) is 77.2. The van der Waals surface area contributed by atoms with Crippen LogP contribution in [-0.2, 0) is 153 Å². The van der Waals surface area contributed by atoms with Gasteiger partial charge in [0.25, 0.3) is 17.7 Å². The molecule has 3 aliphatic rings. The molecular formula is C84H127BN22O32P+2. The average molecular weight is 2000 g/mol. The monoisotopic (exact) mass is 2000 g/mol. The summed E-state index contributed by atoms with van der Waals surface area (Å²) in [5, 5.41) is 62.1. The van der Waals surface area contributed by atoms with E-state index in [0.29, 0.717) is 85.5 Å². The summed E-state index contributed by atoms with van der Waals surface area (Å²) in [6, 6.07) is 33.2. The second-order valence-electron chi connectivity index (χ2n) is 28.9. The van der Waals surface area contributed by atoms with Crippen molar-refractivity contribution in [1.29, 1.82) is 5.26 Å². The molecule has 56 heteroatoms. The predicted molar refractivity (Wildman–Crippen MR) is 493 cm³/mol. The fraction of sp³-hybridized carbons (Fsp3) is 0.452. The molecule has 3 aliphatic heterocycles. The largest absolute Gasteiger partial charge is 0.480 e. The Labute approximate surface area is 808 Å². The molecule has 54 nitrogen and oxygen atoms in total. The van der Waals surface area contributed by atoms with Crippen molar-refractivity contribution in [2.75, 3.05) is 152 Å². The molecule has 0 bridgehead atoms. The van der Waals surface area contributed by atoms with Gasteiger partial charge in [0.05, 0.1) is 78.2 Å². The molecule has 3 fully saturated rings. The number of nitriles is 1. The molecule has 29 N–H and O–H groups in total. The molecule has 0 aromatic heterocycles. The van der Waals surface area contributed by atoms with E-state index in [1.165, 1.54) is 18.0 Å². The molecule has 140 heavy (non-hydrogen) atoms. The van der Waals surface area contributed by atoms with Crippen LogP contribution in [0, 0.1) is 22.9 Å². The van der Waals surface area contributed by atoms with Gasteiger partial charge < -0.3 is 134 Å². The number of nitrogens with zero attached hydrogens (tertiary/aromatic N) is 2. The number of imide groups is 1. The van der Waals surface area contributed by atoms with Gasteiger partial charge in [-0.3, -0.25) is 67.1 Å². The van der Waals surface area contributed by atoms with Crippen molar-refractivity contribution < 1.29 is 161 Å². The van der Waals surface area contributed by atoms with Gasteiger partial charge in [0.15, 0.2) is 41.5 Å². The van der Waals surface area contributed by atoms with Crippen LogP contribution in [0.25, 0.3) is 0 Å². The van der Waals surface area contributed by atoms with Crippen LogP contribution in [0.2, 0.25) is 0 Å². The minimum absolute atomic E-state index is 0. The number of hydroxylamine groups is 2. The molecule has 0 aliphatic carbocycles. The van der Waals surface area contributed by atoms with Crippen LogP contribution in [0.5, 0.6) is 28.7 Å². The van der Waals surface area contributed by atoms with Gasteiger partial charge >= 0.3 is 31.5 Å². The van der Waals surface area contributed by atoms with Crippen LogP contribution in [-0.4, -0.2) is 283 Å². The van der Waals surface area contributed by atoms with Crippen LogP contribution in [0.4, 0.5) is 0 Å². The molecule has 3 saturated heterocycles. The SMILES string of the molecule is C.CC(Cc1ccc(OON)cc1)C(=O)NCC(=O)NCC(=O)NCC(=O)O.CC(Cc1ccc(OON)cc1)C(=O)ON1C(=O)CCC1=O.COCCOCCOC.C[P+](=O)C#N.NOOc1ccc(CC([NH3+])C(=O)NCC(=O)NCC(=O)NCC(=O)O)cc1.NOOc1ccc(CC2CNCCNCCNCCN2)cc1.NOOc1ccc(CC2NC(=O)CNC(=O)CNC(=O)CNC2=O)cc1.[B]. The zero-order valence-corrected chi connectivity index (χ0v) is 78.1. The number of carbonyl (C=O) groups excluding carboxylic acids is 13. The number of rotatable bonds is 42. The third-order valence-electron chi connectivity index (χ3n) is 17.9. The Balaban J connectivity index is 0.00000166. The van der Waals surface area contributed by atoms with Gasteiger partial charge in [-0.1, -0.05) is 111 Å². The van der Waals surface area contributed by atoms with Crippen molar-refractivity contribution in [2.24, 2.45) is 41.3 Å². The van der Waals surface area contributed by atoms with Crippen LogP contribution in [0.15, 0.2) is 121 Å². The van der Waals surface area contributed by atoms with Gasteiger partial charge in [0, 0.05) is 106 Å². The van der Waals surface area contributed by atoms with Gasteiger partial charge in [0.2, 0.25) is 53.2 Å². The molecule has 3 heterocycles. The van der Waals surface area contributed by atoms with Crippen LogP contribution in [0.1, 0.15) is 61.9 Å². The van der Waals surface area contributed by atoms with E-state index >= 15 is 0 Å². The fourth-order valence-electron chi connectivity index (χ4n) is 11.0. The summed E-state index contributed by atoms with van der Waals surface area (Å²) in [7, 11) is 1.76. The highest BCUT2D eigenvalue weighted by atomic mass is 31.1. The Kier molecular flexibility index (Phi) is 69.7. The van der Waals surface area contributed by atoms with Crippen molar-refractivity contribution in [3.05, 3.63) is 149 Å². The van der Waals surface area contributed by atoms with Crippen molar-refractivity contribution >= 4 is 105 Å². The number of benzene rings is 5. The molecule has 5 aromatic rings. The lowest BCUT2D eigenvalue weighted by Gasteiger charge is -2.21. The first-order valence-electron chi connectivity index (χ1n) is 42.1. The van der Waals surface area contributed by atoms with Crippen molar-refractivity contribution in [3.8, 4) is 34.6 Å². The number of carbonyl (C=O) groups is 15. The minimum atomic E-state index is -1.54. The molecule has 6 unspecified atom stereocenters. The summed E-state index contributed by atoms with van der Waals surface area (Å²) < 4.78 is 24.2. The number of nitrogens with two attached hydrogens (primary N) is 5. The molecule has 771 valence electrons. The maximum atomic E-state index is 12.3. The van der Waals surface area contributed by atoms with E-state index in [4.69, 9.17) is 68.9 Å². The van der Waals surface area contributed by atoms with Crippen LogP contribution < -0.4 is 134 Å². The molecule has 0 spiro atoms. The Hall–Kier alpha value is -13.7. The van der Waals surface area contributed by atoms with Crippen molar-refractivity contribution in [3.63, 3.8) is 0 Å². The standard InChI is InChI=1S/C16H22N4O7.C15H21N5O7.C15H19N5O6.C15H27N5O2.C14H16N2O6.C6H14O3.C2H3NOP.CH4.B/c1-10(6-11-2-4-12(5-3-11)26-27-17)16(25)20-8-14(22)18-7-13(21)19-9-15(23)24;16-11(5-9-1-3-10(4-2-9)26-27-17)15(25)20-7-13(22)18-6-12(21)19-8-14(23)24;16-26-25-10-3-1-9(2-4-10)5-11-15(24)19-7-13(22)17-6-12(21)18-8-14(23)20-11;16-22-21-15-3-1-13(2-4-15)11-14-12-19-8-7-17-5-6-18-9-10-20-14;1-9(8-10-2-4-11(5-3-10)21-22-15)14(19)20-16-12(17)6-7-13(16)18;1-7-3-5-9-6-4-8-2;1-5(4)2-3;;/h2-5,10H,6-9,17H2,1H3,(H,18,22)(H,19,21)(H,20,25)(H,23,24);1-4,11H,5-8,16-17H2,(H,18,22)(H,19,21)(H,20,25)(H,23,24);1-4,11H,5-8,16H2,(H,17,22)(H,18,21)(H,19,24)(H,20,23);1-4,14,17-20H,5-12,16H2;2-5,9H,6-8,15H2,1H3;3-6H2,1-2H3;1H3;1H4;/q;;;;;;+1;;/p+1. The minimum Gasteiger partial charge on any atom is -0.480 e. The number of nitrogens with one attached hydrogen (secondary N) is 14. The molecule has 3 radical (unpaired) electrons. The highest BCUT2D eigenvalue weighted by Gasteiger charge is 2.34. The highest BCUT2D eigenvalue weighted by Crippen LogP contribution is 2.21. The quantitative estimate of drug-likeness (QED) is 0.00431. The number of carboxylic acid groups (broad SMARTS) is 2. The number of amides is 12. The third kappa shape index (κ3) is 61.5. The zero-order chi connectivity index (χ0) is 102. The molecule has 8 rings (SSSR count). The van der Waals surface area contributed by atoms with E-state index in [9.17, 15) is 76.5 Å². The molecule has 0 saturated carbocycles. The zero-order valence-electron chi connectivity index (χ0n) is 77.2. The Bertz CT molecular complexity index is 4440. The maximum Gasteiger partial charge on any atom is 0.452 e. The number of hydrogen-bond acceptors (Lipinski definition) is 40. The lowest BCUT2D eigenvalue weighted by molar-refractivity contribution is -0.403. The fourth-order valence-corrected chi connectivity index (χ4v) is 11.0. The number of quaternary nitrogens is 1. The highest BCUT2D eigenvalue weighted by molar-refractivity contribution is 7.49. The first-order valence-corrected chi connectivity index (χ1v) is 43.8. The topological polar surface area (TPSA) is 796 Å². The van der Waals surface area contributed by atoms with E-state index in [-0.39, 0.29) is 80.3 Å². The van der Waals surface area contributed by atoms with Crippen LogP contribution in [0.3, 0.4) is 0 Å². The summed E-state index contributed by atoms with van der Waals surface area (Å²) in [6.07, 6.45) is 2.43. The number of ether oxygens (including phenoxy) is 3. The molecular weight excluding hydrogens is 1870 g/mol. The van der Waals surface area contributed by atoms with Gasteiger partial charge in [-0.25, -0.2) is 4.79 Å². The van der Waals surface area contributed by atoms with Gasteiger partial charge in [0.1, 0.15) is 19.1 Å². The van der Waals surface area contributed by atoms with Crippen molar-refractivity contribution in [2.45, 2.75) is 84.3 Å². The molecule has 12 amide bonds. The maximum absolute atomic E-state index is 12.3. The first kappa shape index (κ1) is 126. The number of aliphatic carboxylic acids is 2. The number of hydrogen-bond donors (Lipinski definition) is 22. The van der Waals surface area contributed by atoms with E-state index in [1.807, 2.05) is 24.3 Å². The van der Waals surface area contributed by atoms with E-state index in [0.717, 1.165) is 74.5 Å². The van der Waals surface area contributed by atoms with Crippen LogP contribution >= 0.6 is 7.80 Å². The Morgan fingerprint density at radius 1 is 0.471 bits per heavy atom. The number of methoxy groups -OCH3 is 2. The second-order valence-corrected chi connectivity index (χ2v) is 30.1. The van der Waals surface area contributed by atoms with Crippen molar-refractivity contribution in [1.82, 2.24) is 79.5 Å². The normalized spacial score (nSPS) is 14.7. The smallest absolute Gasteiger partial charge is 0.452 e. The lowest BCUT2D eigenvalue weighted by Crippen LogP contribution is -2.68. The number of carboxylic acids is 2. The summed E-state index contributed by atoms with van der Waals surface area (Å²) in [4.78, 5) is 221. The van der Waals surface area contributed by atoms with E-state index < -0.39 is 134 Å². The predicted octanol–water partition coefficient (Wildman–Crippen LogP) is -6.51. The van der Waals surface area contributed by atoms with E-state index in [2.05, 4.69) is 125 Å². The Morgan fingerprint density at radius 2 is 0.807 bits per heavy atom. The van der Waals surface area contributed by atoms with Gasteiger partial charge in [-0.15, -0.1) is 10.3 Å². The van der Waals surface area contributed by atoms with E-state index in [1.54, 1.807) is 125 Å². The Morgan fingerprint density at radius 3 is 1.19 bits per heavy atom. The summed E-state index contributed by atoms with van der Waals surface area (Å²) in [5.41, 5.74) is 8.26. The summed E-state index contributed by atoms with van der Waals surface area (Å²) in [5.74, 6) is 17.6. The average Bonchev–Trinajstić information content (AvgIpc) is 1.76. The van der Waals surface area contributed by atoms with Gasteiger partial charge in [-0.2, -0.15) is 29.5 Å².